The van der Waals surface area contributed by atoms with Crippen molar-refractivity contribution in [1.29, 1.82) is 0 Å². The summed E-state index contributed by atoms with van der Waals surface area (Å²) in [5, 5.41) is 0. The molecule has 0 N–H and O–H groups in total. The van der Waals surface area contributed by atoms with Crippen molar-refractivity contribution in [1.82, 2.24) is 4.90 Å². The molecule has 0 aromatic heterocycles. The van der Waals surface area contributed by atoms with Gasteiger partial charge in [0, 0.05) is 18.7 Å². The minimum Gasteiger partial charge on any atom is -0.486 e. The van der Waals surface area contributed by atoms with E-state index in [1.807, 2.05) is 30.1 Å². The molecule has 1 aliphatic heterocycles. The lowest BCUT2D eigenvalue weighted by Gasteiger charge is -2.21. The molecular formula is C17H17F2NO2. The molecule has 0 saturated heterocycles. The highest BCUT2D eigenvalue weighted by Gasteiger charge is 2.13. The lowest BCUT2D eigenvalue weighted by Crippen LogP contribution is -2.19. The third kappa shape index (κ3) is 3.36. The zero-order chi connectivity index (χ0) is 15.5. The van der Waals surface area contributed by atoms with Gasteiger partial charge in [-0.3, -0.25) is 4.90 Å². The van der Waals surface area contributed by atoms with Gasteiger partial charge >= 0.3 is 0 Å². The first-order chi connectivity index (χ1) is 10.6. The second-order valence-electron chi connectivity index (χ2n) is 5.39. The lowest BCUT2D eigenvalue weighted by atomic mass is 10.1. The van der Waals surface area contributed by atoms with E-state index in [9.17, 15) is 8.78 Å². The lowest BCUT2D eigenvalue weighted by molar-refractivity contribution is 0.171. The SMILES string of the molecule is CN(Cc1ccc2c(c1)OCCO2)Cc1cc(F)ccc1F. The molecule has 0 unspecified atom stereocenters. The van der Waals surface area contributed by atoms with Gasteiger partial charge in [-0.15, -0.1) is 0 Å². The number of hydrogen-bond donors (Lipinski definition) is 0. The average Bonchev–Trinajstić information content (AvgIpc) is 2.51. The van der Waals surface area contributed by atoms with Gasteiger partial charge in [-0.25, -0.2) is 8.78 Å². The highest BCUT2D eigenvalue weighted by molar-refractivity contribution is 5.43. The standard InChI is InChI=1S/C17H17F2NO2/c1-20(11-13-9-14(18)3-4-15(13)19)10-12-2-5-16-17(8-12)22-7-6-21-16/h2-5,8-9H,6-7,10-11H2,1H3. The van der Waals surface area contributed by atoms with Crippen molar-refractivity contribution in [2.45, 2.75) is 13.1 Å². The Morgan fingerprint density at radius 3 is 2.55 bits per heavy atom. The summed E-state index contributed by atoms with van der Waals surface area (Å²) in [6.45, 7) is 2.04. The summed E-state index contributed by atoms with van der Waals surface area (Å²) >= 11 is 0. The molecule has 5 heteroatoms. The van der Waals surface area contributed by atoms with E-state index >= 15 is 0 Å². The summed E-state index contributed by atoms with van der Waals surface area (Å²) in [7, 11) is 1.86. The summed E-state index contributed by atoms with van der Waals surface area (Å²) in [5.74, 6) is 0.655. The highest BCUT2D eigenvalue weighted by Crippen LogP contribution is 2.31. The predicted octanol–water partition coefficient (Wildman–Crippen LogP) is 3.37. The van der Waals surface area contributed by atoms with Crippen molar-refractivity contribution in [2.75, 3.05) is 20.3 Å². The van der Waals surface area contributed by atoms with Crippen LogP contribution < -0.4 is 9.47 Å². The summed E-state index contributed by atoms with van der Waals surface area (Å²) in [6.07, 6.45) is 0. The maximum Gasteiger partial charge on any atom is 0.161 e. The van der Waals surface area contributed by atoms with Crippen molar-refractivity contribution in [3.8, 4) is 11.5 Å². The maximum atomic E-state index is 13.7. The van der Waals surface area contributed by atoms with Gasteiger partial charge < -0.3 is 9.47 Å². The second-order valence-corrected chi connectivity index (χ2v) is 5.39. The van der Waals surface area contributed by atoms with E-state index in [4.69, 9.17) is 9.47 Å². The fourth-order valence-electron chi connectivity index (χ4n) is 2.51. The van der Waals surface area contributed by atoms with Gasteiger partial charge in [0.05, 0.1) is 0 Å². The van der Waals surface area contributed by atoms with Gasteiger partial charge in [0.25, 0.3) is 0 Å². The van der Waals surface area contributed by atoms with Crippen LogP contribution in [-0.2, 0) is 13.1 Å². The van der Waals surface area contributed by atoms with Crippen molar-refractivity contribution >= 4 is 0 Å². The maximum absolute atomic E-state index is 13.7. The molecule has 0 spiro atoms. The molecule has 3 nitrogen and oxygen atoms in total. The molecular weight excluding hydrogens is 288 g/mol. The molecule has 2 aromatic rings. The van der Waals surface area contributed by atoms with Crippen molar-refractivity contribution in [2.24, 2.45) is 0 Å². The predicted molar refractivity (Wildman–Crippen MR) is 79.0 cm³/mol. The van der Waals surface area contributed by atoms with Crippen LogP contribution in [0.5, 0.6) is 11.5 Å². The monoisotopic (exact) mass is 305 g/mol. The Hall–Kier alpha value is -2.14. The Balaban J connectivity index is 1.69. The molecule has 2 aromatic carbocycles. The van der Waals surface area contributed by atoms with Gasteiger partial charge in [-0.05, 0) is 42.9 Å². The van der Waals surface area contributed by atoms with Gasteiger partial charge in [0.1, 0.15) is 24.8 Å². The van der Waals surface area contributed by atoms with E-state index in [0.29, 0.717) is 31.9 Å². The Kier molecular flexibility index (Phi) is 4.24. The molecule has 0 radical (unpaired) electrons. The van der Waals surface area contributed by atoms with Crippen LogP contribution in [0.3, 0.4) is 0 Å². The summed E-state index contributed by atoms with van der Waals surface area (Å²) in [5.41, 5.74) is 1.38. The number of rotatable bonds is 4. The molecule has 0 saturated carbocycles. The van der Waals surface area contributed by atoms with Crippen LogP contribution in [0.4, 0.5) is 8.78 Å². The zero-order valence-corrected chi connectivity index (χ0v) is 12.3. The van der Waals surface area contributed by atoms with Crippen LogP contribution in [0.2, 0.25) is 0 Å². The minimum atomic E-state index is -0.427. The molecule has 22 heavy (non-hydrogen) atoms. The molecule has 0 amide bonds. The van der Waals surface area contributed by atoms with Gasteiger partial charge in [-0.1, -0.05) is 6.07 Å². The van der Waals surface area contributed by atoms with Crippen LogP contribution in [0.15, 0.2) is 36.4 Å². The Morgan fingerprint density at radius 1 is 0.955 bits per heavy atom. The van der Waals surface area contributed by atoms with E-state index in [0.717, 1.165) is 29.2 Å². The fourth-order valence-corrected chi connectivity index (χ4v) is 2.51. The highest BCUT2D eigenvalue weighted by atomic mass is 19.1. The normalized spacial score (nSPS) is 13.5. The first-order valence-corrected chi connectivity index (χ1v) is 7.13. The zero-order valence-electron chi connectivity index (χ0n) is 12.3. The number of nitrogens with zero attached hydrogens (tertiary/aromatic N) is 1. The van der Waals surface area contributed by atoms with Gasteiger partial charge in [0.15, 0.2) is 11.5 Å². The second kappa shape index (κ2) is 6.32. The van der Waals surface area contributed by atoms with E-state index in [1.165, 1.54) is 6.07 Å². The minimum absolute atomic E-state index is 0.331. The molecule has 0 bridgehead atoms. The Labute approximate surface area is 128 Å². The molecule has 0 fully saturated rings. The van der Waals surface area contributed by atoms with E-state index in [-0.39, 0.29) is 0 Å². The van der Waals surface area contributed by atoms with Crippen LogP contribution in [0, 0.1) is 11.6 Å². The molecule has 1 aliphatic rings. The number of benzene rings is 2. The third-order valence-electron chi connectivity index (χ3n) is 3.51. The number of fused-ring (bicyclic) bond motifs is 1. The number of ether oxygens (including phenoxy) is 2. The van der Waals surface area contributed by atoms with E-state index in [2.05, 4.69) is 0 Å². The topological polar surface area (TPSA) is 21.7 Å². The molecule has 1 heterocycles. The molecule has 0 aliphatic carbocycles. The molecule has 0 atom stereocenters. The summed E-state index contributed by atoms with van der Waals surface area (Å²) in [4.78, 5) is 1.92. The van der Waals surface area contributed by atoms with E-state index in [1.54, 1.807) is 0 Å². The average molecular weight is 305 g/mol. The van der Waals surface area contributed by atoms with Crippen molar-refractivity contribution in [3.05, 3.63) is 59.2 Å². The smallest absolute Gasteiger partial charge is 0.161 e. The quantitative estimate of drug-likeness (QED) is 0.864. The summed E-state index contributed by atoms with van der Waals surface area (Å²) in [6, 6.07) is 9.26. The van der Waals surface area contributed by atoms with Crippen LogP contribution >= 0.6 is 0 Å². The van der Waals surface area contributed by atoms with Crippen LogP contribution in [0.25, 0.3) is 0 Å². The van der Waals surface area contributed by atoms with Crippen LogP contribution in [0.1, 0.15) is 11.1 Å². The molecule has 3 rings (SSSR count). The Bertz CT molecular complexity index is 676. The number of halogens is 2. The van der Waals surface area contributed by atoms with Crippen molar-refractivity contribution < 1.29 is 18.3 Å². The largest absolute Gasteiger partial charge is 0.486 e. The Morgan fingerprint density at radius 2 is 1.73 bits per heavy atom. The molecule has 116 valence electrons. The third-order valence-corrected chi connectivity index (χ3v) is 3.51. The fraction of sp³-hybridized carbons (Fsp3) is 0.294. The van der Waals surface area contributed by atoms with E-state index < -0.39 is 11.6 Å². The first-order valence-electron chi connectivity index (χ1n) is 7.13. The first kappa shape index (κ1) is 14.8. The van der Waals surface area contributed by atoms with Gasteiger partial charge in [0.2, 0.25) is 0 Å². The summed E-state index contributed by atoms with van der Waals surface area (Å²) < 4.78 is 37.9. The number of hydrogen-bond acceptors (Lipinski definition) is 3. The van der Waals surface area contributed by atoms with Gasteiger partial charge in [-0.2, -0.15) is 0 Å². The van der Waals surface area contributed by atoms with Crippen LogP contribution in [-0.4, -0.2) is 25.2 Å². The van der Waals surface area contributed by atoms with Crippen molar-refractivity contribution in [3.63, 3.8) is 0 Å².